The van der Waals surface area contributed by atoms with E-state index in [1.807, 2.05) is 0 Å². The first-order chi connectivity index (χ1) is 9.82. The minimum atomic E-state index is -4.48. The Morgan fingerprint density at radius 1 is 1.48 bits per heavy atom. The van der Waals surface area contributed by atoms with Gasteiger partial charge in [0.25, 0.3) is 0 Å². The Kier molecular flexibility index (Phi) is 4.11. The molecule has 114 valence electrons. The van der Waals surface area contributed by atoms with E-state index in [1.165, 1.54) is 18.2 Å². The molecule has 1 fully saturated rings. The second-order valence-electron chi connectivity index (χ2n) is 4.88. The van der Waals surface area contributed by atoms with Gasteiger partial charge in [0, 0.05) is 19.1 Å². The number of hydrogen-bond donors (Lipinski definition) is 2. The van der Waals surface area contributed by atoms with Crippen LogP contribution >= 0.6 is 0 Å². The molecule has 1 heterocycles. The quantitative estimate of drug-likeness (QED) is 0.666. The molecule has 1 aromatic rings. The van der Waals surface area contributed by atoms with Gasteiger partial charge in [0.15, 0.2) is 0 Å². The molecule has 0 bridgehead atoms. The van der Waals surface area contributed by atoms with Crippen molar-refractivity contribution < 1.29 is 18.0 Å². The summed E-state index contributed by atoms with van der Waals surface area (Å²) >= 11 is 0. The van der Waals surface area contributed by atoms with Crippen molar-refractivity contribution in [1.82, 2.24) is 4.90 Å². The number of benzene rings is 1. The van der Waals surface area contributed by atoms with E-state index in [-0.39, 0.29) is 23.3 Å². The molecule has 0 spiro atoms. The van der Waals surface area contributed by atoms with Crippen LogP contribution in [0.25, 0.3) is 0 Å². The number of halogens is 3. The van der Waals surface area contributed by atoms with Crippen molar-refractivity contribution >= 4 is 17.3 Å². The first-order valence-electron chi connectivity index (χ1n) is 6.46. The maximum atomic E-state index is 12.8. The molecule has 1 unspecified atom stereocenters. The van der Waals surface area contributed by atoms with E-state index in [0.29, 0.717) is 19.5 Å². The number of nitrogens with two attached hydrogens (primary N) is 1. The summed E-state index contributed by atoms with van der Waals surface area (Å²) < 4.78 is 38.4. The number of carbonyl (C=O) groups excluding carboxylic acids is 1. The lowest BCUT2D eigenvalue weighted by molar-refractivity contribution is -0.136. The molecule has 0 radical (unpaired) electrons. The Labute approximate surface area is 120 Å². The largest absolute Gasteiger partial charge is 0.418 e. The van der Waals surface area contributed by atoms with Crippen LogP contribution in [0.1, 0.15) is 12.0 Å². The van der Waals surface area contributed by atoms with Gasteiger partial charge in [0.1, 0.15) is 0 Å². The van der Waals surface area contributed by atoms with Gasteiger partial charge in [-0.15, -0.1) is 0 Å². The summed E-state index contributed by atoms with van der Waals surface area (Å²) in [5, 5.41) is 2.98. The average molecular weight is 299 g/mol. The molecular weight excluding hydrogens is 283 g/mol. The lowest BCUT2D eigenvalue weighted by Crippen LogP contribution is -2.30. The number of hydrogen-bond acceptors (Lipinski definition) is 3. The fraction of sp³-hybridized carbons (Fsp3) is 0.357. The van der Waals surface area contributed by atoms with Gasteiger partial charge in [-0.3, -0.25) is 4.79 Å². The number of nitrogen functional groups attached to an aromatic ring is 1. The Balaban J connectivity index is 2.11. The molecule has 0 saturated carbocycles. The van der Waals surface area contributed by atoms with Crippen LogP contribution in [0.3, 0.4) is 0 Å². The fourth-order valence-electron chi connectivity index (χ4n) is 2.37. The molecule has 3 N–H and O–H groups in total. The van der Waals surface area contributed by atoms with Crippen molar-refractivity contribution in [2.45, 2.75) is 18.6 Å². The van der Waals surface area contributed by atoms with Gasteiger partial charge in [-0.25, -0.2) is 0 Å². The molecule has 0 aromatic heterocycles. The minimum absolute atomic E-state index is 0.125. The van der Waals surface area contributed by atoms with Crippen LogP contribution in [-0.2, 0) is 11.0 Å². The van der Waals surface area contributed by atoms with E-state index >= 15 is 0 Å². The monoisotopic (exact) mass is 299 g/mol. The summed E-state index contributed by atoms with van der Waals surface area (Å²) in [6.45, 7) is 4.37. The second-order valence-corrected chi connectivity index (χ2v) is 4.88. The number of likely N-dealkylation sites (tertiary alicyclic amines) is 1. The van der Waals surface area contributed by atoms with Crippen molar-refractivity contribution in [2.75, 3.05) is 24.1 Å². The van der Waals surface area contributed by atoms with Crippen molar-refractivity contribution in [3.63, 3.8) is 0 Å². The number of amides is 1. The van der Waals surface area contributed by atoms with Gasteiger partial charge in [-0.05, 0) is 24.6 Å². The third-order valence-corrected chi connectivity index (χ3v) is 3.45. The van der Waals surface area contributed by atoms with Gasteiger partial charge in [-0.1, -0.05) is 12.6 Å². The SMILES string of the molecule is C=CC(=O)N1CCC(Nc2cccc(C(F)(F)F)c2N)C1. The topological polar surface area (TPSA) is 58.4 Å². The highest BCUT2D eigenvalue weighted by Crippen LogP contribution is 2.37. The van der Waals surface area contributed by atoms with E-state index in [9.17, 15) is 18.0 Å². The zero-order chi connectivity index (χ0) is 15.6. The van der Waals surface area contributed by atoms with Crippen LogP contribution in [-0.4, -0.2) is 29.9 Å². The van der Waals surface area contributed by atoms with Crippen molar-refractivity contribution in [1.29, 1.82) is 0 Å². The Bertz CT molecular complexity index is 557. The normalized spacial score (nSPS) is 18.6. The summed E-state index contributed by atoms with van der Waals surface area (Å²) in [5.74, 6) is -0.184. The average Bonchev–Trinajstić information content (AvgIpc) is 2.87. The molecule has 4 nitrogen and oxygen atoms in total. The lowest BCUT2D eigenvalue weighted by atomic mass is 10.1. The number of nitrogens with zero attached hydrogens (tertiary/aromatic N) is 1. The second kappa shape index (κ2) is 5.67. The molecule has 1 atom stereocenters. The molecule has 1 saturated heterocycles. The number of carbonyl (C=O) groups is 1. The minimum Gasteiger partial charge on any atom is -0.397 e. The molecule has 0 aliphatic carbocycles. The van der Waals surface area contributed by atoms with E-state index < -0.39 is 11.7 Å². The highest BCUT2D eigenvalue weighted by Gasteiger charge is 2.34. The Morgan fingerprint density at radius 2 is 2.19 bits per heavy atom. The summed E-state index contributed by atoms with van der Waals surface area (Å²) in [6.07, 6.45) is -2.61. The van der Waals surface area contributed by atoms with E-state index in [2.05, 4.69) is 11.9 Å². The number of alkyl halides is 3. The third kappa shape index (κ3) is 3.29. The molecule has 1 aliphatic heterocycles. The van der Waals surface area contributed by atoms with Crippen molar-refractivity contribution in [2.24, 2.45) is 0 Å². The van der Waals surface area contributed by atoms with Gasteiger partial charge in [0.2, 0.25) is 5.91 Å². The standard InChI is InChI=1S/C14H16F3N3O/c1-2-12(21)20-7-6-9(8-20)19-11-5-3-4-10(13(11)18)14(15,16)17/h2-5,9,19H,1,6-8,18H2. The molecule has 21 heavy (non-hydrogen) atoms. The van der Waals surface area contributed by atoms with Gasteiger partial charge in [-0.2, -0.15) is 13.2 Å². The van der Waals surface area contributed by atoms with Crippen LogP contribution in [0.5, 0.6) is 0 Å². The van der Waals surface area contributed by atoms with Crippen molar-refractivity contribution in [3.8, 4) is 0 Å². The molecule has 1 aromatic carbocycles. The fourth-order valence-corrected chi connectivity index (χ4v) is 2.37. The third-order valence-electron chi connectivity index (χ3n) is 3.45. The zero-order valence-corrected chi connectivity index (χ0v) is 11.3. The van der Waals surface area contributed by atoms with Crippen LogP contribution in [0.2, 0.25) is 0 Å². The van der Waals surface area contributed by atoms with Gasteiger partial charge in [0.05, 0.1) is 16.9 Å². The highest BCUT2D eigenvalue weighted by atomic mass is 19.4. The molecular formula is C14H16F3N3O. The number of rotatable bonds is 3. The summed E-state index contributed by atoms with van der Waals surface area (Å²) in [5.41, 5.74) is 4.65. The predicted molar refractivity (Wildman–Crippen MR) is 74.7 cm³/mol. The van der Waals surface area contributed by atoms with Gasteiger partial charge >= 0.3 is 6.18 Å². The number of nitrogens with one attached hydrogen (secondary N) is 1. The summed E-state index contributed by atoms with van der Waals surface area (Å²) in [7, 11) is 0. The molecule has 2 rings (SSSR count). The smallest absolute Gasteiger partial charge is 0.397 e. The first kappa shape index (κ1) is 15.2. The van der Waals surface area contributed by atoms with E-state index in [4.69, 9.17) is 5.73 Å². The first-order valence-corrected chi connectivity index (χ1v) is 6.46. The maximum absolute atomic E-state index is 12.8. The number of anilines is 2. The van der Waals surface area contributed by atoms with E-state index in [1.54, 1.807) is 4.90 Å². The zero-order valence-electron chi connectivity index (χ0n) is 11.3. The van der Waals surface area contributed by atoms with Crippen LogP contribution in [0.15, 0.2) is 30.9 Å². The van der Waals surface area contributed by atoms with Crippen LogP contribution in [0.4, 0.5) is 24.5 Å². The lowest BCUT2D eigenvalue weighted by Gasteiger charge is -2.19. The molecule has 1 amide bonds. The van der Waals surface area contributed by atoms with Crippen LogP contribution in [0, 0.1) is 0 Å². The molecule has 7 heteroatoms. The van der Waals surface area contributed by atoms with E-state index in [0.717, 1.165) is 6.07 Å². The highest BCUT2D eigenvalue weighted by molar-refractivity contribution is 5.87. The number of para-hydroxylation sites is 1. The Morgan fingerprint density at radius 3 is 2.81 bits per heavy atom. The van der Waals surface area contributed by atoms with Crippen molar-refractivity contribution in [3.05, 3.63) is 36.4 Å². The van der Waals surface area contributed by atoms with Gasteiger partial charge < -0.3 is 16.0 Å². The van der Waals surface area contributed by atoms with Crippen LogP contribution < -0.4 is 11.1 Å². The molecule has 1 aliphatic rings. The maximum Gasteiger partial charge on any atom is 0.418 e. The Hall–Kier alpha value is -2.18. The summed E-state index contributed by atoms with van der Waals surface area (Å²) in [4.78, 5) is 13.1. The summed E-state index contributed by atoms with van der Waals surface area (Å²) in [6, 6.07) is 3.63. The predicted octanol–water partition coefficient (Wildman–Crippen LogP) is 2.49.